The number of carbonyl (C=O) groups is 1. The van der Waals surface area contributed by atoms with Crippen LogP contribution in [0.4, 0.5) is 0 Å². The Labute approximate surface area is 93.8 Å². The van der Waals surface area contributed by atoms with Gasteiger partial charge >= 0.3 is 5.97 Å². The number of carbonyl (C=O) groups excluding carboxylic acids is 1. The van der Waals surface area contributed by atoms with Gasteiger partial charge in [-0.1, -0.05) is 0 Å². The summed E-state index contributed by atoms with van der Waals surface area (Å²) in [6, 6.07) is 3.01. The minimum atomic E-state index is -0.405. The second kappa shape index (κ2) is 3.40. The molecular weight excluding hydrogens is 208 g/mol. The highest BCUT2D eigenvalue weighted by Gasteiger charge is 2.35. The van der Waals surface area contributed by atoms with Gasteiger partial charge in [-0.15, -0.1) is 0 Å². The second-order valence-corrected chi connectivity index (χ2v) is 4.47. The van der Waals surface area contributed by atoms with Crippen molar-refractivity contribution < 1.29 is 19.4 Å². The number of rotatable bonds is 1. The van der Waals surface area contributed by atoms with Crippen molar-refractivity contribution in [1.29, 1.82) is 0 Å². The highest BCUT2D eigenvalue weighted by molar-refractivity contribution is 5.92. The lowest BCUT2D eigenvalue weighted by atomic mass is 9.97. The Morgan fingerprint density at radius 3 is 2.81 bits per heavy atom. The lowest BCUT2D eigenvalue weighted by molar-refractivity contribution is 0.0599. The number of esters is 1. The Morgan fingerprint density at radius 1 is 1.50 bits per heavy atom. The number of benzene rings is 1. The van der Waals surface area contributed by atoms with E-state index in [4.69, 9.17) is 9.47 Å². The minimum absolute atomic E-state index is 0.0632. The molecule has 16 heavy (non-hydrogen) atoms. The largest absolute Gasteiger partial charge is 0.504 e. The van der Waals surface area contributed by atoms with E-state index in [-0.39, 0.29) is 5.75 Å². The molecule has 1 aromatic rings. The van der Waals surface area contributed by atoms with Gasteiger partial charge in [0, 0.05) is 12.0 Å². The van der Waals surface area contributed by atoms with Crippen molar-refractivity contribution in [2.45, 2.75) is 25.9 Å². The number of hydrogen-bond acceptors (Lipinski definition) is 4. The molecule has 1 heterocycles. The first kappa shape index (κ1) is 10.8. The molecule has 86 valence electrons. The maximum absolute atomic E-state index is 11.5. The molecule has 1 aliphatic heterocycles. The second-order valence-electron chi connectivity index (χ2n) is 4.47. The van der Waals surface area contributed by atoms with E-state index in [2.05, 4.69) is 0 Å². The number of hydrogen-bond donors (Lipinski definition) is 1. The molecule has 0 bridgehead atoms. The van der Waals surface area contributed by atoms with Crippen LogP contribution < -0.4 is 4.74 Å². The molecule has 1 aliphatic rings. The molecule has 0 unspecified atom stereocenters. The van der Waals surface area contributed by atoms with Crippen molar-refractivity contribution in [2.75, 3.05) is 7.11 Å². The summed E-state index contributed by atoms with van der Waals surface area (Å²) in [5.74, 6) is 0.0543. The van der Waals surface area contributed by atoms with Crippen LogP contribution in [-0.4, -0.2) is 23.8 Å². The van der Waals surface area contributed by atoms with Crippen LogP contribution >= 0.6 is 0 Å². The van der Waals surface area contributed by atoms with Gasteiger partial charge in [0.15, 0.2) is 11.5 Å². The Kier molecular flexibility index (Phi) is 2.30. The van der Waals surface area contributed by atoms with Crippen LogP contribution in [0.25, 0.3) is 0 Å². The van der Waals surface area contributed by atoms with Crippen LogP contribution in [-0.2, 0) is 11.2 Å². The molecule has 0 amide bonds. The third-order valence-electron chi connectivity index (χ3n) is 2.63. The third-order valence-corrected chi connectivity index (χ3v) is 2.63. The fourth-order valence-corrected chi connectivity index (χ4v) is 1.94. The van der Waals surface area contributed by atoms with Gasteiger partial charge in [0.25, 0.3) is 0 Å². The standard InChI is InChI=1S/C12H14O4/c1-12(2)6-8-7(11(14)15-3)4-5-9(13)10(8)16-12/h4-5,13H,6H2,1-3H3. The molecule has 0 atom stereocenters. The predicted molar refractivity (Wildman–Crippen MR) is 57.9 cm³/mol. The zero-order valence-electron chi connectivity index (χ0n) is 9.53. The zero-order valence-corrected chi connectivity index (χ0v) is 9.53. The lowest BCUT2D eigenvalue weighted by Gasteiger charge is -2.16. The van der Waals surface area contributed by atoms with Crippen LogP contribution in [0, 0.1) is 0 Å². The molecule has 0 radical (unpaired) electrons. The maximum atomic E-state index is 11.5. The van der Waals surface area contributed by atoms with Crippen molar-refractivity contribution in [3.63, 3.8) is 0 Å². The number of methoxy groups -OCH3 is 1. The van der Waals surface area contributed by atoms with E-state index in [1.165, 1.54) is 13.2 Å². The minimum Gasteiger partial charge on any atom is -0.504 e. The fourth-order valence-electron chi connectivity index (χ4n) is 1.94. The molecule has 0 saturated heterocycles. The topological polar surface area (TPSA) is 55.8 Å². The molecular formula is C12H14O4. The first-order valence-electron chi connectivity index (χ1n) is 5.07. The molecule has 0 fully saturated rings. The van der Waals surface area contributed by atoms with Crippen LogP contribution in [0.2, 0.25) is 0 Å². The van der Waals surface area contributed by atoms with Gasteiger partial charge in [0.2, 0.25) is 0 Å². The molecule has 2 rings (SSSR count). The smallest absolute Gasteiger partial charge is 0.338 e. The fraction of sp³-hybridized carbons (Fsp3) is 0.417. The average molecular weight is 222 g/mol. The summed E-state index contributed by atoms with van der Waals surface area (Å²) < 4.78 is 10.3. The molecule has 4 nitrogen and oxygen atoms in total. The first-order valence-corrected chi connectivity index (χ1v) is 5.07. The monoisotopic (exact) mass is 222 g/mol. The molecule has 0 aliphatic carbocycles. The Morgan fingerprint density at radius 2 is 2.19 bits per heavy atom. The molecule has 4 heteroatoms. The molecule has 1 aromatic carbocycles. The molecule has 0 spiro atoms. The summed E-state index contributed by atoms with van der Waals surface area (Å²) in [6.45, 7) is 3.82. The van der Waals surface area contributed by atoms with Crippen molar-refractivity contribution in [3.8, 4) is 11.5 Å². The molecule has 1 N–H and O–H groups in total. The summed E-state index contributed by atoms with van der Waals surface area (Å²) >= 11 is 0. The third kappa shape index (κ3) is 1.60. The summed E-state index contributed by atoms with van der Waals surface area (Å²) in [6.07, 6.45) is 0.584. The number of aromatic hydroxyl groups is 1. The summed E-state index contributed by atoms with van der Waals surface area (Å²) in [4.78, 5) is 11.5. The van der Waals surface area contributed by atoms with E-state index in [0.717, 1.165) is 5.56 Å². The van der Waals surface area contributed by atoms with E-state index in [0.29, 0.717) is 17.7 Å². The van der Waals surface area contributed by atoms with Gasteiger partial charge in [0.1, 0.15) is 5.60 Å². The van der Waals surface area contributed by atoms with E-state index in [1.54, 1.807) is 6.07 Å². The maximum Gasteiger partial charge on any atom is 0.338 e. The molecule has 0 aromatic heterocycles. The summed E-state index contributed by atoms with van der Waals surface area (Å²) in [7, 11) is 1.34. The Balaban J connectivity index is 2.54. The van der Waals surface area contributed by atoms with Crippen molar-refractivity contribution in [1.82, 2.24) is 0 Å². The quantitative estimate of drug-likeness (QED) is 0.737. The Bertz CT molecular complexity index is 449. The first-order chi connectivity index (χ1) is 7.44. The van der Waals surface area contributed by atoms with E-state index < -0.39 is 11.6 Å². The van der Waals surface area contributed by atoms with Gasteiger partial charge in [-0.2, -0.15) is 0 Å². The van der Waals surface area contributed by atoms with Gasteiger partial charge in [-0.25, -0.2) is 4.79 Å². The number of ether oxygens (including phenoxy) is 2. The van der Waals surface area contributed by atoms with Gasteiger partial charge in [-0.05, 0) is 26.0 Å². The van der Waals surface area contributed by atoms with Gasteiger partial charge in [0.05, 0.1) is 12.7 Å². The van der Waals surface area contributed by atoms with Crippen LogP contribution in [0.3, 0.4) is 0 Å². The van der Waals surface area contributed by atoms with Crippen LogP contribution in [0.1, 0.15) is 29.8 Å². The molecule has 0 saturated carbocycles. The summed E-state index contributed by atoms with van der Waals surface area (Å²) in [5, 5.41) is 9.67. The summed E-state index contributed by atoms with van der Waals surface area (Å²) in [5.41, 5.74) is 0.780. The number of fused-ring (bicyclic) bond motifs is 1. The van der Waals surface area contributed by atoms with E-state index in [9.17, 15) is 9.90 Å². The number of phenolic OH excluding ortho intramolecular Hbond substituents is 1. The zero-order chi connectivity index (χ0) is 11.9. The van der Waals surface area contributed by atoms with E-state index >= 15 is 0 Å². The van der Waals surface area contributed by atoms with Crippen molar-refractivity contribution in [3.05, 3.63) is 23.3 Å². The highest BCUT2D eigenvalue weighted by atomic mass is 16.5. The highest BCUT2D eigenvalue weighted by Crippen LogP contribution is 2.43. The predicted octanol–water partition coefficient (Wildman–Crippen LogP) is 1.89. The average Bonchev–Trinajstić information content (AvgIpc) is 2.54. The van der Waals surface area contributed by atoms with Crippen LogP contribution in [0.5, 0.6) is 11.5 Å². The lowest BCUT2D eigenvalue weighted by Crippen LogP contribution is -2.25. The van der Waals surface area contributed by atoms with Crippen molar-refractivity contribution >= 4 is 5.97 Å². The van der Waals surface area contributed by atoms with E-state index in [1.807, 2.05) is 13.8 Å². The number of phenols is 1. The van der Waals surface area contributed by atoms with Gasteiger partial charge < -0.3 is 14.6 Å². The normalized spacial score (nSPS) is 16.4. The van der Waals surface area contributed by atoms with Crippen LogP contribution in [0.15, 0.2) is 12.1 Å². The van der Waals surface area contributed by atoms with Gasteiger partial charge in [-0.3, -0.25) is 0 Å². The van der Waals surface area contributed by atoms with Crippen molar-refractivity contribution in [2.24, 2.45) is 0 Å². The SMILES string of the molecule is COC(=O)c1ccc(O)c2c1CC(C)(C)O2. The Hall–Kier alpha value is -1.71.